The normalized spacial score (nSPS) is 20.3. The lowest BCUT2D eigenvalue weighted by molar-refractivity contribution is -0.136. The summed E-state index contributed by atoms with van der Waals surface area (Å²) in [5.41, 5.74) is 0.259. The molecular formula is C41H42ClFN6O9S. The number of piperidine rings is 1. The molecule has 15 nitrogen and oxygen atoms in total. The van der Waals surface area contributed by atoms with Gasteiger partial charge in [-0.15, -0.1) is 11.3 Å². The standard InChI is InChI=1S/C41H42ClFN6O9S/c42-30-4-2-5-32(35(30)43)58-26-11-13-41(14-12-26,24-25-3-1-6-33(46-25)47-40-45-16-22-59-40)39(54)44-15-17-55-18-19-56-20-21-57-27-7-8-28-29(23-27)38(53)49(37(28)52)31-9-10-34(50)48-36(31)51/h1-8,16,22-23,26,31H,9-15,17-21,24H2,(H,44,54)(H,45,46,47)(H,48,50,51). The molecule has 310 valence electrons. The molecular weight excluding hydrogens is 807 g/mol. The van der Waals surface area contributed by atoms with E-state index in [0.29, 0.717) is 48.8 Å². The molecule has 3 aliphatic rings. The number of anilines is 2. The number of hydrogen-bond acceptors (Lipinski definition) is 13. The number of aromatic nitrogens is 2. The van der Waals surface area contributed by atoms with Crippen LogP contribution in [0.1, 0.15) is 64.9 Å². The van der Waals surface area contributed by atoms with Crippen molar-refractivity contribution in [2.24, 2.45) is 5.41 Å². The molecule has 2 aromatic carbocycles. The molecule has 5 amide bonds. The maximum absolute atomic E-state index is 14.6. The van der Waals surface area contributed by atoms with Crippen LogP contribution in [0.4, 0.5) is 15.3 Å². The van der Waals surface area contributed by atoms with Crippen LogP contribution in [0.15, 0.2) is 66.2 Å². The largest absolute Gasteiger partial charge is 0.491 e. The Kier molecular flexibility index (Phi) is 13.5. The number of amides is 5. The molecule has 4 aromatic rings. The number of nitrogens with zero attached hydrogens (tertiary/aromatic N) is 3. The Morgan fingerprint density at radius 3 is 2.49 bits per heavy atom. The van der Waals surface area contributed by atoms with Crippen molar-refractivity contribution in [1.29, 1.82) is 0 Å². The summed E-state index contributed by atoms with van der Waals surface area (Å²) in [5, 5.41) is 11.0. The Morgan fingerprint density at radius 2 is 1.71 bits per heavy atom. The molecule has 2 aliphatic heterocycles. The van der Waals surface area contributed by atoms with Crippen LogP contribution < -0.4 is 25.4 Å². The summed E-state index contributed by atoms with van der Waals surface area (Å²) in [4.78, 5) is 73.7. The number of benzene rings is 2. The zero-order chi connectivity index (χ0) is 41.4. The summed E-state index contributed by atoms with van der Waals surface area (Å²) in [5.74, 6) is -1.96. The molecule has 4 heterocycles. The molecule has 1 saturated heterocycles. The number of imide groups is 2. The van der Waals surface area contributed by atoms with Gasteiger partial charge >= 0.3 is 0 Å². The van der Waals surface area contributed by atoms with E-state index in [9.17, 15) is 28.4 Å². The number of rotatable bonds is 18. The lowest BCUT2D eigenvalue weighted by Gasteiger charge is -2.39. The number of halogens is 2. The van der Waals surface area contributed by atoms with Crippen LogP contribution in [-0.2, 0) is 30.3 Å². The number of ether oxygens (including phenoxy) is 4. The number of thiazole rings is 1. The Hall–Kier alpha value is -5.49. The van der Waals surface area contributed by atoms with Gasteiger partial charge in [-0.05, 0) is 74.6 Å². The van der Waals surface area contributed by atoms with Crippen LogP contribution in [0.25, 0.3) is 0 Å². The maximum atomic E-state index is 14.6. The molecule has 1 aliphatic carbocycles. The minimum atomic E-state index is -1.04. The first-order valence-corrected chi connectivity index (χ1v) is 20.5. The molecule has 2 fully saturated rings. The second kappa shape index (κ2) is 19.1. The molecule has 0 bridgehead atoms. The van der Waals surface area contributed by atoms with E-state index in [1.807, 2.05) is 23.6 Å². The van der Waals surface area contributed by atoms with Crippen molar-refractivity contribution in [3.63, 3.8) is 0 Å². The summed E-state index contributed by atoms with van der Waals surface area (Å²) in [6.07, 6.45) is 3.97. The summed E-state index contributed by atoms with van der Waals surface area (Å²) in [7, 11) is 0. The van der Waals surface area contributed by atoms with Gasteiger partial charge < -0.3 is 29.6 Å². The van der Waals surface area contributed by atoms with Crippen molar-refractivity contribution in [2.75, 3.05) is 44.9 Å². The van der Waals surface area contributed by atoms with Gasteiger partial charge in [0.15, 0.2) is 16.7 Å². The third-order valence-electron chi connectivity index (χ3n) is 10.4. The summed E-state index contributed by atoms with van der Waals surface area (Å²) in [6, 6.07) is 13.7. The Bertz CT molecular complexity index is 2190. The lowest BCUT2D eigenvalue weighted by atomic mass is 9.69. The molecule has 0 radical (unpaired) electrons. The van der Waals surface area contributed by atoms with Crippen molar-refractivity contribution in [3.05, 3.63) is 93.8 Å². The van der Waals surface area contributed by atoms with Gasteiger partial charge in [-0.1, -0.05) is 23.7 Å². The fraction of sp³-hybridized carbons (Fsp3) is 0.390. The second-order valence-corrected chi connectivity index (χ2v) is 15.6. The topological polar surface area (TPSA) is 187 Å². The molecule has 1 unspecified atom stereocenters. The van der Waals surface area contributed by atoms with Crippen LogP contribution in [0, 0.1) is 11.2 Å². The minimum absolute atomic E-state index is 0.0121. The van der Waals surface area contributed by atoms with Crippen LogP contribution in [0.5, 0.6) is 11.5 Å². The number of carbonyl (C=O) groups excluding carboxylic acids is 5. The fourth-order valence-corrected chi connectivity index (χ4v) is 8.10. The molecule has 18 heteroatoms. The number of carbonyl (C=O) groups is 5. The van der Waals surface area contributed by atoms with Gasteiger partial charge in [0.25, 0.3) is 11.8 Å². The monoisotopic (exact) mass is 848 g/mol. The predicted octanol–water partition coefficient (Wildman–Crippen LogP) is 5.25. The van der Waals surface area contributed by atoms with E-state index < -0.39 is 40.9 Å². The zero-order valence-electron chi connectivity index (χ0n) is 31.9. The smallest absolute Gasteiger partial charge is 0.262 e. The fourth-order valence-electron chi connectivity index (χ4n) is 7.39. The third-order valence-corrected chi connectivity index (χ3v) is 11.4. The van der Waals surface area contributed by atoms with Gasteiger partial charge in [-0.3, -0.25) is 34.2 Å². The number of nitrogens with one attached hydrogen (secondary N) is 3. The summed E-state index contributed by atoms with van der Waals surface area (Å²) in [6.45, 7) is 1.45. The predicted molar refractivity (Wildman–Crippen MR) is 213 cm³/mol. The molecule has 1 atom stereocenters. The van der Waals surface area contributed by atoms with E-state index in [1.54, 1.807) is 24.4 Å². The molecule has 0 spiro atoms. The molecule has 2 aromatic heterocycles. The quantitative estimate of drug-likeness (QED) is 0.0873. The van der Waals surface area contributed by atoms with Crippen molar-refractivity contribution in [3.8, 4) is 11.5 Å². The van der Waals surface area contributed by atoms with Crippen LogP contribution in [0.3, 0.4) is 0 Å². The lowest BCUT2D eigenvalue weighted by Crippen LogP contribution is -2.54. The summed E-state index contributed by atoms with van der Waals surface area (Å²) < 4.78 is 37.7. The van der Waals surface area contributed by atoms with Crippen molar-refractivity contribution in [1.82, 2.24) is 25.5 Å². The highest BCUT2D eigenvalue weighted by Gasteiger charge is 2.45. The van der Waals surface area contributed by atoms with E-state index in [1.165, 1.54) is 29.5 Å². The Balaban J connectivity index is 0.844. The third kappa shape index (κ3) is 10.0. The van der Waals surface area contributed by atoms with Crippen molar-refractivity contribution in [2.45, 2.75) is 57.1 Å². The molecule has 7 rings (SSSR count). The van der Waals surface area contributed by atoms with Gasteiger partial charge in [0, 0.05) is 36.7 Å². The number of hydrogen-bond donors (Lipinski definition) is 3. The number of pyridine rings is 1. The van der Waals surface area contributed by atoms with Crippen LogP contribution >= 0.6 is 22.9 Å². The highest BCUT2D eigenvalue weighted by Crippen LogP contribution is 2.41. The molecule has 3 N–H and O–H groups in total. The summed E-state index contributed by atoms with van der Waals surface area (Å²) >= 11 is 7.42. The van der Waals surface area contributed by atoms with Crippen LogP contribution in [0.2, 0.25) is 5.02 Å². The zero-order valence-corrected chi connectivity index (χ0v) is 33.5. The first-order valence-electron chi connectivity index (χ1n) is 19.3. The van der Waals surface area contributed by atoms with E-state index in [-0.39, 0.29) is 86.3 Å². The van der Waals surface area contributed by atoms with Crippen molar-refractivity contribution >= 4 is 63.4 Å². The first kappa shape index (κ1) is 41.7. The first-order chi connectivity index (χ1) is 28.6. The minimum Gasteiger partial charge on any atom is -0.491 e. The van der Waals surface area contributed by atoms with E-state index in [4.69, 9.17) is 35.5 Å². The number of fused-ring (bicyclic) bond motifs is 1. The SMILES string of the molecule is O=C1CCC(N2C(=O)c3ccc(OCCOCCOCCNC(=O)C4(Cc5cccc(Nc6nccs6)n5)CCC(Oc5cccc(Cl)c5F)CC4)cc3C2=O)C(=O)N1. The highest BCUT2D eigenvalue weighted by atomic mass is 35.5. The van der Waals surface area contributed by atoms with Crippen LogP contribution in [-0.4, -0.2) is 96.1 Å². The molecule has 59 heavy (non-hydrogen) atoms. The maximum Gasteiger partial charge on any atom is 0.262 e. The Labute approximate surface area is 347 Å². The van der Waals surface area contributed by atoms with Gasteiger partial charge in [0.1, 0.15) is 24.2 Å². The van der Waals surface area contributed by atoms with Gasteiger partial charge in [0.2, 0.25) is 17.7 Å². The van der Waals surface area contributed by atoms with Crippen molar-refractivity contribution < 1.29 is 47.3 Å². The van der Waals surface area contributed by atoms with Gasteiger partial charge in [-0.2, -0.15) is 0 Å². The Morgan fingerprint density at radius 1 is 0.949 bits per heavy atom. The van der Waals surface area contributed by atoms with Gasteiger partial charge in [-0.25, -0.2) is 14.4 Å². The van der Waals surface area contributed by atoms with Gasteiger partial charge in [0.05, 0.1) is 54.1 Å². The molecule has 1 saturated carbocycles. The second-order valence-electron chi connectivity index (χ2n) is 14.3. The average molecular weight is 849 g/mol. The highest BCUT2D eigenvalue weighted by molar-refractivity contribution is 7.13. The van der Waals surface area contributed by atoms with E-state index in [0.717, 1.165) is 10.6 Å². The average Bonchev–Trinajstić information content (AvgIpc) is 3.83. The van der Waals surface area contributed by atoms with E-state index in [2.05, 4.69) is 20.9 Å². The van der Waals surface area contributed by atoms with E-state index >= 15 is 0 Å².